The number of hydrogen-bond donors (Lipinski definition) is 1. The van der Waals surface area contributed by atoms with Crippen LogP contribution in [0.3, 0.4) is 0 Å². The lowest BCUT2D eigenvalue weighted by Gasteiger charge is -2.02. The highest BCUT2D eigenvalue weighted by Gasteiger charge is 2.10. The summed E-state index contributed by atoms with van der Waals surface area (Å²) >= 11 is 6.15. The van der Waals surface area contributed by atoms with Gasteiger partial charge in [-0.05, 0) is 18.6 Å². The topological polar surface area (TPSA) is 55.1 Å². The average molecular weight is 251 g/mol. The Morgan fingerprint density at radius 2 is 2.06 bits per heavy atom. The zero-order chi connectivity index (χ0) is 12.3. The molecule has 5 heteroatoms. The van der Waals surface area contributed by atoms with Crippen LogP contribution >= 0.6 is 11.6 Å². The largest absolute Gasteiger partial charge is 0.481 e. The van der Waals surface area contributed by atoms with Crippen molar-refractivity contribution in [3.05, 3.63) is 47.2 Å². The molecule has 4 nitrogen and oxygen atoms in total. The Balaban J connectivity index is 2.24. The van der Waals surface area contributed by atoms with E-state index >= 15 is 0 Å². The third kappa shape index (κ3) is 2.65. The number of nitrogens with zero attached hydrogens (tertiary/aromatic N) is 2. The van der Waals surface area contributed by atoms with Crippen molar-refractivity contribution in [1.29, 1.82) is 0 Å². The molecular formula is C12H11ClN2O2. The molecule has 17 heavy (non-hydrogen) atoms. The maximum atomic E-state index is 10.5. The van der Waals surface area contributed by atoms with E-state index in [1.807, 2.05) is 30.3 Å². The molecule has 0 unspecified atom stereocenters. The van der Waals surface area contributed by atoms with E-state index in [0.29, 0.717) is 11.6 Å². The van der Waals surface area contributed by atoms with E-state index in [0.717, 1.165) is 11.3 Å². The van der Waals surface area contributed by atoms with Gasteiger partial charge >= 0.3 is 5.97 Å². The number of carbonyl (C=O) groups is 1. The summed E-state index contributed by atoms with van der Waals surface area (Å²) in [6.45, 7) is 0. The van der Waals surface area contributed by atoms with E-state index in [4.69, 9.17) is 16.7 Å². The van der Waals surface area contributed by atoms with E-state index in [1.54, 1.807) is 10.9 Å². The van der Waals surface area contributed by atoms with Crippen molar-refractivity contribution in [3.8, 4) is 5.69 Å². The SMILES string of the molecule is O=C(O)CCc1cnn(-c2ccccc2)c1Cl. The van der Waals surface area contributed by atoms with Gasteiger partial charge in [-0.15, -0.1) is 0 Å². The van der Waals surface area contributed by atoms with E-state index in [-0.39, 0.29) is 6.42 Å². The lowest BCUT2D eigenvalue weighted by atomic mass is 10.2. The Kier molecular flexibility index (Phi) is 3.44. The molecule has 0 saturated heterocycles. The van der Waals surface area contributed by atoms with Gasteiger partial charge < -0.3 is 5.11 Å². The minimum Gasteiger partial charge on any atom is -0.481 e. The second kappa shape index (κ2) is 5.01. The molecular weight excluding hydrogens is 240 g/mol. The van der Waals surface area contributed by atoms with Crippen molar-refractivity contribution in [2.75, 3.05) is 0 Å². The van der Waals surface area contributed by atoms with E-state index in [2.05, 4.69) is 5.10 Å². The maximum absolute atomic E-state index is 10.5. The molecule has 1 aromatic heterocycles. The Hall–Kier alpha value is -1.81. The number of benzene rings is 1. The number of aromatic nitrogens is 2. The number of hydrogen-bond acceptors (Lipinski definition) is 2. The van der Waals surface area contributed by atoms with Crippen LogP contribution in [-0.4, -0.2) is 20.9 Å². The number of halogens is 1. The van der Waals surface area contributed by atoms with Crippen molar-refractivity contribution in [2.24, 2.45) is 0 Å². The summed E-state index contributed by atoms with van der Waals surface area (Å²) in [5.41, 5.74) is 1.61. The quantitative estimate of drug-likeness (QED) is 0.907. The highest BCUT2D eigenvalue weighted by molar-refractivity contribution is 6.30. The number of aryl methyl sites for hydroxylation is 1. The molecule has 1 aromatic carbocycles. The highest BCUT2D eigenvalue weighted by atomic mass is 35.5. The van der Waals surface area contributed by atoms with Gasteiger partial charge in [-0.2, -0.15) is 5.10 Å². The fraction of sp³-hybridized carbons (Fsp3) is 0.167. The molecule has 0 aliphatic heterocycles. The molecule has 1 heterocycles. The van der Waals surface area contributed by atoms with Crippen LogP contribution in [0.5, 0.6) is 0 Å². The number of rotatable bonds is 4. The van der Waals surface area contributed by atoms with E-state index in [9.17, 15) is 4.79 Å². The van der Waals surface area contributed by atoms with Gasteiger partial charge in [0.05, 0.1) is 11.9 Å². The van der Waals surface area contributed by atoms with Crippen LogP contribution in [0.4, 0.5) is 0 Å². The summed E-state index contributed by atoms with van der Waals surface area (Å²) in [6.07, 6.45) is 2.06. The standard InChI is InChI=1S/C12H11ClN2O2/c13-12-9(6-7-11(16)17)8-14-15(12)10-4-2-1-3-5-10/h1-5,8H,6-7H2,(H,16,17). The summed E-state index contributed by atoms with van der Waals surface area (Å²) in [5, 5.41) is 13.2. The molecule has 0 aliphatic rings. The van der Waals surface area contributed by atoms with Gasteiger partial charge in [-0.3, -0.25) is 4.79 Å². The minimum absolute atomic E-state index is 0.0558. The van der Waals surface area contributed by atoms with Crippen LogP contribution in [-0.2, 0) is 11.2 Å². The number of aliphatic carboxylic acids is 1. The molecule has 0 bridgehead atoms. The number of carboxylic acid groups (broad SMARTS) is 1. The van der Waals surface area contributed by atoms with Crippen molar-refractivity contribution < 1.29 is 9.90 Å². The van der Waals surface area contributed by atoms with Crippen LogP contribution in [0.2, 0.25) is 5.15 Å². The molecule has 0 aliphatic carbocycles. The lowest BCUT2D eigenvalue weighted by Crippen LogP contribution is -1.98. The van der Waals surface area contributed by atoms with Gasteiger partial charge in [-0.1, -0.05) is 29.8 Å². The first-order valence-corrected chi connectivity index (χ1v) is 5.56. The van der Waals surface area contributed by atoms with Crippen LogP contribution in [0, 0.1) is 0 Å². The first-order chi connectivity index (χ1) is 8.18. The Morgan fingerprint density at radius 3 is 2.71 bits per heavy atom. The number of carboxylic acids is 1. The maximum Gasteiger partial charge on any atom is 0.303 e. The second-order valence-electron chi connectivity index (χ2n) is 3.60. The van der Waals surface area contributed by atoms with Gasteiger partial charge in [0, 0.05) is 12.0 Å². The van der Waals surface area contributed by atoms with Crippen LogP contribution in [0.1, 0.15) is 12.0 Å². The predicted octanol–water partition coefficient (Wildman–Crippen LogP) is 2.54. The predicted molar refractivity (Wildman–Crippen MR) is 64.5 cm³/mol. The van der Waals surface area contributed by atoms with Gasteiger partial charge in [-0.25, -0.2) is 4.68 Å². The lowest BCUT2D eigenvalue weighted by molar-refractivity contribution is -0.136. The first-order valence-electron chi connectivity index (χ1n) is 5.18. The fourth-order valence-corrected chi connectivity index (χ4v) is 1.81. The molecule has 0 fully saturated rings. The molecule has 0 amide bonds. The minimum atomic E-state index is -0.839. The van der Waals surface area contributed by atoms with E-state index in [1.165, 1.54) is 0 Å². The van der Waals surface area contributed by atoms with Crippen molar-refractivity contribution in [3.63, 3.8) is 0 Å². The number of para-hydroxylation sites is 1. The highest BCUT2D eigenvalue weighted by Crippen LogP contribution is 2.21. The molecule has 0 radical (unpaired) electrons. The molecule has 0 atom stereocenters. The Labute approximate surface area is 103 Å². The summed E-state index contributed by atoms with van der Waals surface area (Å²) < 4.78 is 1.60. The van der Waals surface area contributed by atoms with Gasteiger partial charge in [0.2, 0.25) is 0 Å². The molecule has 2 rings (SSSR count). The molecule has 88 valence electrons. The smallest absolute Gasteiger partial charge is 0.303 e. The van der Waals surface area contributed by atoms with Crippen LogP contribution < -0.4 is 0 Å². The summed E-state index contributed by atoms with van der Waals surface area (Å²) in [5.74, 6) is -0.839. The van der Waals surface area contributed by atoms with Crippen molar-refractivity contribution >= 4 is 17.6 Å². The summed E-state index contributed by atoms with van der Waals surface area (Å²) in [7, 11) is 0. The first kappa shape index (κ1) is 11.7. The summed E-state index contributed by atoms with van der Waals surface area (Å²) in [6, 6.07) is 9.47. The van der Waals surface area contributed by atoms with E-state index < -0.39 is 5.97 Å². The zero-order valence-electron chi connectivity index (χ0n) is 9.01. The third-order valence-electron chi connectivity index (χ3n) is 2.39. The van der Waals surface area contributed by atoms with Gasteiger partial charge in [0.15, 0.2) is 0 Å². The molecule has 0 saturated carbocycles. The second-order valence-corrected chi connectivity index (χ2v) is 3.96. The normalized spacial score (nSPS) is 10.4. The van der Waals surface area contributed by atoms with Crippen LogP contribution in [0.15, 0.2) is 36.5 Å². The monoisotopic (exact) mass is 250 g/mol. The molecule has 1 N–H and O–H groups in total. The van der Waals surface area contributed by atoms with Crippen molar-refractivity contribution in [1.82, 2.24) is 9.78 Å². The zero-order valence-corrected chi connectivity index (χ0v) is 9.76. The average Bonchev–Trinajstić information content (AvgIpc) is 2.69. The Bertz CT molecular complexity index is 523. The van der Waals surface area contributed by atoms with Crippen LogP contribution in [0.25, 0.3) is 5.69 Å². The fourth-order valence-electron chi connectivity index (χ4n) is 1.53. The Morgan fingerprint density at radius 1 is 1.35 bits per heavy atom. The van der Waals surface area contributed by atoms with Gasteiger partial charge in [0.25, 0.3) is 0 Å². The van der Waals surface area contributed by atoms with Gasteiger partial charge in [0.1, 0.15) is 5.15 Å². The molecule has 2 aromatic rings. The summed E-state index contributed by atoms with van der Waals surface area (Å²) in [4.78, 5) is 10.5. The van der Waals surface area contributed by atoms with Crippen molar-refractivity contribution in [2.45, 2.75) is 12.8 Å². The third-order valence-corrected chi connectivity index (χ3v) is 2.79. The molecule has 0 spiro atoms.